The lowest BCUT2D eigenvalue weighted by molar-refractivity contribution is -0.141. The summed E-state index contributed by atoms with van der Waals surface area (Å²) in [6.45, 7) is 5.28. The Bertz CT molecular complexity index is 1070. The predicted octanol–water partition coefficient (Wildman–Crippen LogP) is 5.00. The monoisotopic (exact) mass is 489 g/mol. The predicted molar refractivity (Wildman–Crippen MR) is 127 cm³/mol. The van der Waals surface area contributed by atoms with Crippen LogP contribution in [0.2, 0.25) is 0 Å². The maximum Gasteiger partial charge on any atom is 0.433 e. The third kappa shape index (κ3) is 7.18. The molecule has 2 heterocycles. The van der Waals surface area contributed by atoms with Crippen LogP contribution in [0, 0.1) is 0 Å². The molecule has 0 aliphatic rings. The van der Waals surface area contributed by atoms with Crippen LogP contribution in [0.25, 0.3) is 0 Å². The first-order valence-electron chi connectivity index (χ1n) is 10.9. The maximum atomic E-state index is 13.3. The minimum absolute atomic E-state index is 0.0630. The van der Waals surface area contributed by atoms with E-state index in [-0.39, 0.29) is 16.9 Å². The van der Waals surface area contributed by atoms with E-state index >= 15 is 0 Å². The number of carbonyl (C=O) groups excluding carboxylic acids is 1. The van der Waals surface area contributed by atoms with Crippen molar-refractivity contribution in [3.05, 3.63) is 77.2 Å². The molecule has 180 valence electrons. The molecule has 1 N–H and O–H groups in total. The van der Waals surface area contributed by atoms with Crippen LogP contribution in [-0.2, 0) is 18.3 Å². The third-order valence-corrected chi connectivity index (χ3v) is 5.97. The van der Waals surface area contributed by atoms with Gasteiger partial charge in [0.1, 0.15) is 5.82 Å². The highest BCUT2D eigenvalue weighted by Crippen LogP contribution is 2.32. The normalized spacial score (nSPS) is 11.3. The number of rotatable bonds is 10. The number of alkyl halides is 3. The van der Waals surface area contributed by atoms with Crippen LogP contribution in [0.5, 0.6) is 0 Å². The number of pyridine rings is 1. The van der Waals surface area contributed by atoms with E-state index in [1.54, 1.807) is 35.4 Å². The zero-order valence-electron chi connectivity index (χ0n) is 19.0. The highest BCUT2D eigenvalue weighted by molar-refractivity contribution is 7.98. The van der Waals surface area contributed by atoms with Gasteiger partial charge in [0.2, 0.25) is 0 Å². The lowest BCUT2D eigenvalue weighted by atomic mass is 10.1. The highest BCUT2D eigenvalue weighted by Gasteiger charge is 2.34. The van der Waals surface area contributed by atoms with Gasteiger partial charge in [0.15, 0.2) is 10.9 Å². The van der Waals surface area contributed by atoms with E-state index in [1.807, 2.05) is 32.0 Å². The van der Waals surface area contributed by atoms with Crippen molar-refractivity contribution in [1.29, 1.82) is 0 Å². The molecular weight excluding hydrogens is 463 g/mol. The molecule has 3 rings (SSSR count). The van der Waals surface area contributed by atoms with Crippen LogP contribution in [0.1, 0.15) is 41.2 Å². The largest absolute Gasteiger partial charge is 0.433 e. The first kappa shape index (κ1) is 25.5. The number of nitrogens with one attached hydrogen (secondary N) is 1. The minimum atomic E-state index is -4.55. The second kappa shape index (κ2) is 11.8. The van der Waals surface area contributed by atoms with Gasteiger partial charge < -0.3 is 10.2 Å². The molecule has 2 aromatic heterocycles. The highest BCUT2D eigenvalue weighted by atomic mass is 32.2. The molecule has 0 spiro atoms. The number of anilines is 1. The Hall–Kier alpha value is -3.14. The second-order valence-corrected chi connectivity index (χ2v) is 8.32. The second-order valence-electron chi connectivity index (χ2n) is 7.38. The molecule has 0 fully saturated rings. The van der Waals surface area contributed by atoms with Crippen LogP contribution in [-0.4, -0.2) is 40.5 Å². The van der Waals surface area contributed by atoms with E-state index in [1.165, 1.54) is 0 Å². The van der Waals surface area contributed by atoms with E-state index in [2.05, 4.69) is 20.3 Å². The van der Waals surface area contributed by atoms with E-state index in [4.69, 9.17) is 0 Å². The van der Waals surface area contributed by atoms with Crippen LogP contribution >= 0.6 is 11.8 Å². The number of hydrogen-bond donors (Lipinski definition) is 1. The van der Waals surface area contributed by atoms with Gasteiger partial charge in [-0.25, -0.2) is 9.97 Å². The zero-order chi connectivity index (χ0) is 24.6. The SMILES string of the molecule is CCN(CC)c1cc(C(F)(F)F)nc(SCc2ccc(C(=O)NCCc3ccccn3)cc2)n1. The molecule has 0 saturated heterocycles. The summed E-state index contributed by atoms with van der Waals surface area (Å²) in [5, 5.41) is 2.92. The minimum Gasteiger partial charge on any atom is -0.357 e. The zero-order valence-corrected chi connectivity index (χ0v) is 19.8. The molecule has 0 radical (unpaired) electrons. The fourth-order valence-corrected chi connectivity index (χ4v) is 3.99. The van der Waals surface area contributed by atoms with Gasteiger partial charge in [-0.05, 0) is 43.7 Å². The Balaban J connectivity index is 1.61. The average Bonchev–Trinajstić information content (AvgIpc) is 2.84. The molecule has 34 heavy (non-hydrogen) atoms. The number of thioether (sulfide) groups is 1. The van der Waals surface area contributed by atoms with E-state index in [0.29, 0.717) is 37.4 Å². The van der Waals surface area contributed by atoms with E-state index in [9.17, 15) is 18.0 Å². The van der Waals surface area contributed by atoms with Gasteiger partial charge in [-0.3, -0.25) is 9.78 Å². The number of aromatic nitrogens is 3. The molecule has 0 atom stereocenters. The number of amides is 1. The fourth-order valence-electron chi connectivity index (χ4n) is 3.18. The lowest BCUT2D eigenvalue weighted by Crippen LogP contribution is -2.25. The van der Waals surface area contributed by atoms with Gasteiger partial charge in [0.05, 0.1) is 0 Å². The van der Waals surface area contributed by atoms with E-state index < -0.39 is 11.9 Å². The molecule has 1 aromatic carbocycles. The molecule has 0 unspecified atom stereocenters. The standard InChI is InChI=1S/C24H26F3N5OS/c1-3-32(4-2)21-15-20(24(25,26)27)30-23(31-21)34-16-17-8-10-18(11-9-17)22(33)29-14-12-19-7-5-6-13-28-19/h5-11,13,15H,3-4,12,14,16H2,1-2H3,(H,29,33). The number of hydrogen-bond acceptors (Lipinski definition) is 6. The van der Waals surface area contributed by atoms with Crippen LogP contribution in [0.4, 0.5) is 19.0 Å². The van der Waals surface area contributed by atoms with Crippen molar-refractivity contribution in [2.75, 3.05) is 24.5 Å². The van der Waals surface area contributed by atoms with Crippen LogP contribution in [0.3, 0.4) is 0 Å². The Kier molecular flexibility index (Phi) is 8.86. The van der Waals surface area contributed by atoms with Crippen LogP contribution in [0.15, 0.2) is 59.9 Å². The van der Waals surface area contributed by atoms with Crippen molar-refractivity contribution in [1.82, 2.24) is 20.3 Å². The lowest BCUT2D eigenvalue weighted by Gasteiger charge is -2.21. The van der Waals surface area contributed by atoms with Gasteiger partial charge in [-0.15, -0.1) is 0 Å². The summed E-state index contributed by atoms with van der Waals surface area (Å²) in [7, 11) is 0. The van der Waals surface area contributed by atoms with E-state index in [0.717, 1.165) is 29.1 Å². The van der Waals surface area contributed by atoms with Crippen LogP contribution < -0.4 is 10.2 Å². The molecule has 3 aromatic rings. The smallest absolute Gasteiger partial charge is 0.357 e. The van der Waals surface area contributed by atoms with Crippen molar-refractivity contribution in [3.63, 3.8) is 0 Å². The van der Waals surface area contributed by atoms with Gasteiger partial charge >= 0.3 is 6.18 Å². The molecule has 0 aliphatic carbocycles. The molecule has 1 amide bonds. The summed E-state index contributed by atoms with van der Waals surface area (Å²) in [6.07, 6.45) is -2.21. The van der Waals surface area contributed by atoms with Crippen molar-refractivity contribution >= 4 is 23.5 Å². The molecule has 0 saturated carbocycles. The van der Waals surface area contributed by atoms with Crippen molar-refractivity contribution < 1.29 is 18.0 Å². The van der Waals surface area contributed by atoms with Gasteiger partial charge in [0, 0.05) is 55.3 Å². The molecule has 0 bridgehead atoms. The number of nitrogens with zero attached hydrogens (tertiary/aromatic N) is 4. The Labute approximate surface area is 201 Å². The average molecular weight is 490 g/mol. The molecular formula is C24H26F3N5OS. The summed E-state index contributed by atoms with van der Waals surface area (Å²) in [5.41, 5.74) is 1.30. The number of carbonyl (C=O) groups is 1. The fraction of sp³-hybridized carbons (Fsp3) is 0.333. The van der Waals surface area contributed by atoms with Gasteiger partial charge in [0.25, 0.3) is 5.91 Å². The maximum absolute atomic E-state index is 13.3. The summed E-state index contributed by atoms with van der Waals surface area (Å²) in [5.74, 6) is 0.438. The van der Waals surface area contributed by atoms with Gasteiger partial charge in [-0.2, -0.15) is 13.2 Å². The molecule has 0 aliphatic heterocycles. The third-order valence-electron chi connectivity index (χ3n) is 5.05. The molecule has 10 heteroatoms. The van der Waals surface area contributed by atoms with Crippen molar-refractivity contribution in [2.45, 2.75) is 37.4 Å². The first-order valence-corrected chi connectivity index (χ1v) is 11.9. The summed E-state index contributed by atoms with van der Waals surface area (Å²) in [6, 6.07) is 13.6. The van der Waals surface area contributed by atoms with Crippen molar-refractivity contribution in [2.24, 2.45) is 0 Å². The number of halogens is 3. The molecule has 6 nitrogen and oxygen atoms in total. The first-order chi connectivity index (χ1) is 16.3. The summed E-state index contributed by atoms with van der Waals surface area (Å²) in [4.78, 5) is 26.3. The topological polar surface area (TPSA) is 71.0 Å². The number of benzene rings is 1. The quantitative estimate of drug-likeness (QED) is 0.319. The van der Waals surface area contributed by atoms with Gasteiger partial charge in [-0.1, -0.05) is 30.0 Å². The summed E-state index contributed by atoms with van der Waals surface area (Å²) < 4.78 is 40.0. The van der Waals surface area contributed by atoms with Crippen molar-refractivity contribution in [3.8, 4) is 0 Å². The Morgan fingerprint density at radius 2 is 1.79 bits per heavy atom. The Morgan fingerprint density at radius 3 is 2.41 bits per heavy atom. The Morgan fingerprint density at radius 1 is 1.06 bits per heavy atom. The summed E-state index contributed by atoms with van der Waals surface area (Å²) >= 11 is 1.13.